The van der Waals surface area contributed by atoms with E-state index in [1.807, 2.05) is 25.1 Å². The second-order valence-corrected chi connectivity index (χ2v) is 7.44. The first-order valence-electron chi connectivity index (χ1n) is 9.30. The third-order valence-electron chi connectivity index (χ3n) is 4.36. The number of amides is 2. The lowest BCUT2D eigenvalue weighted by molar-refractivity contribution is -0.118. The van der Waals surface area contributed by atoms with E-state index in [2.05, 4.69) is 10.6 Å². The van der Waals surface area contributed by atoms with Crippen LogP contribution in [-0.4, -0.2) is 25.5 Å². The van der Waals surface area contributed by atoms with Gasteiger partial charge in [-0.15, -0.1) is 0 Å². The molecule has 31 heavy (non-hydrogen) atoms. The summed E-state index contributed by atoms with van der Waals surface area (Å²) in [5.74, 6) is 0.216. The van der Waals surface area contributed by atoms with E-state index in [0.29, 0.717) is 38.5 Å². The SMILES string of the molecule is COc1ccc(C(=O)Nc2cc(Cl)ccc2Cl)cc1NC(=O)COc1ccccc1C. The van der Waals surface area contributed by atoms with Crippen molar-refractivity contribution >= 4 is 46.4 Å². The topological polar surface area (TPSA) is 76.7 Å². The molecule has 3 aromatic rings. The molecule has 2 amide bonds. The van der Waals surface area contributed by atoms with Crippen molar-refractivity contribution in [2.75, 3.05) is 24.4 Å². The quantitative estimate of drug-likeness (QED) is 0.484. The number of halogens is 2. The summed E-state index contributed by atoms with van der Waals surface area (Å²) >= 11 is 12.1. The minimum absolute atomic E-state index is 0.192. The monoisotopic (exact) mass is 458 g/mol. The molecule has 2 N–H and O–H groups in total. The van der Waals surface area contributed by atoms with Crippen molar-refractivity contribution in [3.63, 3.8) is 0 Å². The maximum absolute atomic E-state index is 12.7. The van der Waals surface area contributed by atoms with Gasteiger partial charge in [0, 0.05) is 10.6 Å². The summed E-state index contributed by atoms with van der Waals surface area (Å²) in [7, 11) is 1.47. The average molecular weight is 459 g/mol. The van der Waals surface area contributed by atoms with Gasteiger partial charge in [-0.05, 0) is 55.0 Å². The largest absolute Gasteiger partial charge is 0.495 e. The van der Waals surface area contributed by atoms with Gasteiger partial charge in [-0.2, -0.15) is 0 Å². The zero-order valence-corrected chi connectivity index (χ0v) is 18.4. The maximum atomic E-state index is 12.7. The Hall–Kier alpha value is -3.22. The molecular formula is C23H20Cl2N2O4. The van der Waals surface area contributed by atoms with Crippen LogP contribution in [0.5, 0.6) is 11.5 Å². The highest BCUT2D eigenvalue weighted by Crippen LogP contribution is 2.28. The molecule has 0 aliphatic rings. The van der Waals surface area contributed by atoms with Crippen molar-refractivity contribution in [3.8, 4) is 11.5 Å². The Morgan fingerprint density at radius 1 is 0.903 bits per heavy atom. The number of hydrogen-bond acceptors (Lipinski definition) is 4. The number of ether oxygens (including phenoxy) is 2. The van der Waals surface area contributed by atoms with Crippen molar-refractivity contribution in [3.05, 3.63) is 81.8 Å². The highest BCUT2D eigenvalue weighted by atomic mass is 35.5. The standard InChI is InChI=1S/C23H20Cl2N2O4/c1-14-5-3-4-6-20(14)31-13-22(28)26-19-11-15(7-10-21(19)30-2)23(29)27-18-12-16(24)8-9-17(18)25/h3-12H,13H2,1-2H3,(H,26,28)(H,27,29). The van der Waals surface area contributed by atoms with E-state index in [4.69, 9.17) is 32.7 Å². The molecule has 3 rings (SSSR count). The van der Waals surface area contributed by atoms with E-state index in [1.54, 1.807) is 36.4 Å². The number of para-hydroxylation sites is 1. The van der Waals surface area contributed by atoms with Crippen LogP contribution in [0.3, 0.4) is 0 Å². The van der Waals surface area contributed by atoms with E-state index in [0.717, 1.165) is 5.56 Å². The fourth-order valence-corrected chi connectivity index (χ4v) is 3.12. The Labute approximate surface area is 190 Å². The van der Waals surface area contributed by atoms with Gasteiger partial charge in [-0.25, -0.2) is 0 Å². The van der Waals surface area contributed by atoms with Crippen LogP contribution in [0.15, 0.2) is 60.7 Å². The van der Waals surface area contributed by atoms with Crippen LogP contribution in [0.2, 0.25) is 10.0 Å². The van der Waals surface area contributed by atoms with Gasteiger partial charge in [0.15, 0.2) is 6.61 Å². The van der Waals surface area contributed by atoms with Crippen molar-refractivity contribution in [1.29, 1.82) is 0 Å². The summed E-state index contributed by atoms with van der Waals surface area (Å²) in [4.78, 5) is 25.1. The molecule has 0 bridgehead atoms. The summed E-state index contributed by atoms with van der Waals surface area (Å²) in [6.45, 7) is 1.70. The molecule has 0 unspecified atom stereocenters. The minimum atomic E-state index is -0.418. The van der Waals surface area contributed by atoms with Crippen LogP contribution < -0.4 is 20.1 Å². The minimum Gasteiger partial charge on any atom is -0.495 e. The lowest BCUT2D eigenvalue weighted by Crippen LogP contribution is -2.21. The molecule has 8 heteroatoms. The average Bonchev–Trinajstić information content (AvgIpc) is 2.75. The van der Waals surface area contributed by atoms with Crippen LogP contribution in [0.1, 0.15) is 15.9 Å². The molecule has 6 nitrogen and oxygen atoms in total. The molecule has 0 saturated carbocycles. The first-order chi connectivity index (χ1) is 14.9. The summed E-state index contributed by atoms with van der Waals surface area (Å²) in [6.07, 6.45) is 0. The zero-order valence-electron chi connectivity index (χ0n) is 16.9. The van der Waals surface area contributed by atoms with Crippen LogP contribution >= 0.6 is 23.2 Å². The fraction of sp³-hybridized carbons (Fsp3) is 0.130. The lowest BCUT2D eigenvalue weighted by Gasteiger charge is -2.14. The molecule has 0 heterocycles. The summed E-state index contributed by atoms with van der Waals surface area (Å²) in [5.41, 5.74) is 1.94. The predicted octanol–water partition coefficient (Wildman–Crippen LogP) is 5.58. The Kier molecular flexibility index (Phi) is 7.39. The van der Waals surface area contributed by atoms with Gasteiger partial charge in [0.1, 0.15) is 11.5 Å². The van der Waals surface area contributed by atoms with Gasteiger partial charge in [-0.1, -0.05) is 41.4 Å². The predicted molar refractivity (Wildman–Crippen MR) is 123 cm³/mol. The van der Waals surface area contributed by atoms with E-state index in [1.165, 1.54) is 13.2 Å². The lowest BCUT2D eigenvalue weighted by atomic mass is 10.1. The van der Waals surface area contributed by atoms with Gasteiger partial charge < -0.3 is 20.1 Å². The summed E-state index contributed by atoms with van der Waals surface area (Å²) in [5, 5.41) is 6.21. The van der Waals surface area contributed by atoms with Gasteiger partial charge in [0.2, 0.25) is 0 Å². The van der Waals surface area contributed by atoms with Crippen LogP contribution in [0, 0.1) is 6.92 Å². The first kappa shape index (κ1) is 22.5. The van der Waals surface area contributed by atoms with E-state index < -0.39 is 11.8 Å². The third-order valence-corrected chi connectivity index (χ3v) is 4.93. The van der Waals surface area contributed by atoms with Crippen LogP contribution in [-0.2, 0) is 4.79 Å². The number of carbonyl (C=O) groups excluding carboxylic acids is 2. The normalized spacial score (nSPS) is 10.3. The van der Waals surface area contributed by atoms with Crippen LogP contribution in [0.25, 0.3) is 0 Å². The highest BCUT2D eigenvalue weighted by molar-refractivity contribution is 6.35. The molecule has 0 aliphatic carbocycles. The second kappa shape index (κ2) is 10.2. The van der Waals surface area contributed by atoms with Gasteiger partial charge in [0.25, 0.3) is 11.8 Å². The molecule has 0 saturated heterocycles. The zero-order chi connectivity index (χ0) is 22.4. The molecule has 0 spiro atoms. The number of aryl methyl sites for hydroxylation is 1. The summed E-state index contributed by atoms with van der Waals surface area (Å²) in [6, 6.07) is 16.8. The smallest absolute Gasteiger partial charge is 0.262 e. The Morgan fingerprint density at radius 2 is 1.68 bits per heavy atom. The molecule has 0 fully saturated rings. The number of anilines is 2. The molecular weight excluding hydrogens is 439 g/mol. The van der Waals surface area contributed by atoms with Gasteiger partial charge in [0.05, 0.1) is 23.5 Å². The first-order valence-corrected chi connectivity index (χ1v) is 10.1. The van der Waals surface area contributed by atoms with Crippen molar-refractivity contribution in [2.24, 2.45) is 0 Å². The fourth-order valence-electron chi connectivity index (χ4n) is 2.78. The van der Waals surface area contributed by atoms with Crippen LogP contribution in [0.4, 0.5) is 11.4 Å². The summed E-state index contributed by atoms with van der Waals surface area (Å²) < 4.78 is 10.9. The molecule has 0 aliphatic heterocycles. The molecule has 0 radical (unpaired) electrons. The second-order valence-electron chi connectivity index (χ2n) is 6.60. The molecule has 0 atom stereocenters. The molecule has 0 aromatic heterocycles. The van der Waals surface area contributed by atoms with E-state index in [9.17, 15) is 9.59 Å². The number of nitrogens with one attached hydrogen (secondary N) is 2. The number of methoxy groups -OCH3 is 1. The Bertz CT molecular complexity index is 1120. The number of rotatable bonds is 7. The van der Waals surface area contributed by atoms with E-state index in [-0.39, 0.29) is 6.61 Å². The van der Waals surface area contributed by atoms with Crippen molar-refractivity contribution < 1.29 is 19.1 Å². The van der Waals surface area contributed by atoms with Crippen molar-refractivity contribution in [1.82, 2.24) is 0 Å². The maximum Gasteiger partial charge on any atom is 0.262 e. The highest BCUT2D eigenvalue weighted by Gasteiger charge is 2.14. The Morgan fingerprint density at radius 3 is 2.42 bits per heavy atom. The third kappa shape index (κ3) is 5.90. The van der Waals surface area contributed by atoms with Gasteiger partial charge >= 0.3 is 0 Å². The van der Waals surface area contributed by atoms with Crippen molar-refractivity contribution in [2.45, 2.75) is 6.92 Å². The van der Waals surface area contributed by atoms with Gasteiger partial charge in [-0.3, -0.25) is 9.59 Å². The Balaban J connectivity index is 1.72. The number of hydrogen-bond donors (Lipinski definition) is 2. The number of carbonyl (C=O) groups is 2. The number of benzene rings is 3. The van der Waals surface area contributed by atoms with E-state index >= 15 is 0 Å². The molecule has 160 valence electrons. The molecule has 3 aromatic carbocycles.